The van der Waals surface area contributed by atoms with Crippen molar-refractivity contribution in [3.8, 4) is 0 Å². The van der Waals surface area contributed by atoms with Gasteiger partial charge in [0.2, 0.25) is 0 Å². The van der Waals surface area contributed by atoms with Crippen LogP contribution in [0.1, 0.15) is 18.5 Å². The molecule has 0 radical (unpaired) electrons. The molecule has 88 valence electrons. The van der Waals surface area contributed by atoms with E-state index >= 15 is 0 Å². The van der Waals surface area contributed by atoms with Gasteiger partial charge < -0.3 is 11.1 Å². The lowest BCUT2D eigenvalue weighted by molar-refractivity contribution is 0.626. The second kappa shape index (κ2) is 4.82. The number of nitrogens with one attached hydrogen (secondary N) is 1. The first-order valence-electron chi connectivity index (χ1n) is 5.38. The van der Waals surface area contributed by atoms with Crippen molar-refractivity contribution in [2.45, 2.75) is 13.0 Å². The molecule has 17 heavy (non-hydrogen) atoms. The second-order valence-electron chi connectivity index (χ2n) is 3.89. The summed E-state index contributed by atoms with van der Waals surface area (Å²) in [6.45, 7) is 1.98. The Kier molecular flexibility index (Phi) is 3.23. The highest BCUT2D eigenvalue weighted by Gasteiger charge is 2.05. The van der Waals surface area contributed by atoms with Crippen LogP contribution in [0, 0.1) is 5.82 Å². The summed E-state index contributed by atoms with van der Waals surface area (Å²) in [5, 5.41) is 3.20. The summed E-state index contributed by atoms with van der Waals surface area (Å²) in [6, 6.07) is 9.93. The van der Waals surface area contributed by atoms with Gasteiger partial charge in [-0.05, 0) is 30.7 Å². The zero-order valence-corrected chi connectivity index (χ0v) is 9.52. The SMILES string of the molecule is CC(Nc1cc(N)ccn1)c1ccc(F)cc1. The molecular weight excluding hydrogens is 217 g/mol. The van der Waals surface area contributed by atoms with E-state index in [9.17, 15) is 4.39 Å². The summed E-state index contributed by atoms with van der Waals surface area (Å²) in [5.74, 6) is 0.477. The van der Waals surface area contributed by atoms with E-state index in [4.69, 9.17) is 5.73 Å². The molecule has 0 bridgehead atoms. The van der Waals surface area contributed by atoms with E-state index in [1.54, 1.807) is 30.5 Å². The summed E-state index contributed by atoms with van der Waals surface area (Å²) in [5.41, 5.74) is 7.32. The molecule has 0 fully saturated rings. The Bertz CT molecular complexity index is 496. The van der Waals surface area contributed by atoms with Gasteiger partial charge in [-0.1, -0.05) is 12.1 Å². The number of nitrogens with two attached hydrogens (primary N) is 1. The Morgan fingerprint density at radius 2 is 1.94 bits per heavy atom. The topological polar surface area (TPSA) is 50.9 Å². The first-order valence-corrected chi connectivity index (χ1v) is 5.38. The summed E-state index contributed by atoms with van der Waals surface area (Å²) in [6.07, 6.45) is 1.65. The van der Waals surface area contributed by atoms with Gasteiger partial charge in [-0.3, -0.25) is 0 Å². The van der Waals surface area contributed by atoms with Crippen LogP contribution in [0.2, 0.25) is 0 Å². The molecule has 1 atom stereocenters. The maximum absolute atomic E-state index is 12.8. The molecule has 0 spiro atoms. The van der Waals surface area contributed by atoms with Gasteiger partial charge in [-0.2, -0.15) is 0 Å². The van der Waals surface area contributed by atoms with Crippen molar-refractivity contribution in [2.24, 2.45) is 0 Å². The molecule has 3 nitrogen and oxygen atoms in total. The summed E-state index contributed by atoms with van der Waals surface area (Å²) in [7, 11) is 0. The minimum Gasteiger partial charge on any atom is -0.399 e. The molecule has 4 heteroatoms. The lowest BCUT2D eigenvalue weighted by Gasteiger charge is -2.15. The number of benzene rings is 1. The summed E-state index contributed by atoms with van der Waals surface area (Å²) < 4.78 is 12.8. The zero-order chi connectivity index (χ0) is 12.3. The minimum atomic E-state index is -0.233. The summed E-state index contributed by atoms with van der Waals surface area (Å²) in [4.78, 5) is 4.16. The highest BCUT2D eigenvalue weighted by atomic mass is 19.1. The Morgan fingerprint density at radius 3 is 2.59 bits per heavy atom. The third kappa shape index (κ3) is 2.93. The molecule has 0 aliphatic carbocycles. The van der Waals surface area contributed by atoms with Crippen LogP contribution >= 0.6 is 0 Å². The van der Waals surface area contributed by atoms with Crippen molar-refractivity contribution in [1.82, 2.24) is 4.98 Å². The third-order valence-electron chi connectivity index (χ3n) is 2.52. The van der Waals surface area contributed by atoms with Crippen LogP contribution in [-0.4, -0.2) is 4.98 Å². The fourth-order valence-electron chi connectivity index (χ4n) is 1.58. The molecule has 1 unspecified atom stereocenters. The van der Waals surface area contributed by atoms with E-state index in [2.05, 4.69) is 10.3 Å². The number of halogens is 1. The van der Waals surface area contributed by atoms with E-state index in [1.807, 2.05) is 6.92 Å². The molecule has 2 aromatic rings. The van der Waals surface area contributed by atoms with Gasteiger partial charge in [0.05, 0.1) is 0 Å². The lowest BCUT2D eigenvalue weighted by atomic mass is 10.1. The Morgan fingerprint density at radius 1 is 1.24 bits per heavy atom. The number of rotatable bonds is 3. The number of hydrogen-bond donors (Lipinski definition) is 2. The molecule has 1 heterocycles. The van der Waals surface area contributed by atoms with E-state index < -0.39 is 0 Å². The predicted molar refractivity (Wildman–Crippen MR) is 67.1 cm³/mol. The summed E-state index contributed by atoms with van der Waals surface area (Å²) >= 11 is 0. The largest absolute Gasteiger partial charge is 0.399 e. The highest BCUT2D eigenvalue weighted by Crippen LogP contribution is 2.18. The smallest absolute Gasteiger partial charge is 0.128 e. The van der Waals surface area contributed by atoms with Crippen LogP contribution in [0.15, 0.2) is 42.6 Å². The van der Waals surface area contributed by atoms with Gasteiger partial charge >= 0.3 is 0 Å². The Hall–Kier alpha value is -2.10. The van der Waals surface area contributed by atoms with Crippen molar-refractivity contribution in [3.05, 3.63) is 54.0 Å². The van der Waals surface area contributed by atoms with Crippen LogP contribution in [0.5, 0.6) is 0 Å². The minimum absolute atomic E-state index is 0.0462. The molecule has 0 saturated heterocycles. The van der Waals surface area contributed by atoms with Gasteiger partial charge in [0.1, 0.15) is 11.6 Å². The fraction of sp³-hybridized carbons (Fsp3) is 0.154. The molecule has 0 saturated carbocycles. The lowest BCUT2D eigenvalue weighted by Crippen LogP contribution is -2.08. The highest BCUT2D eigenvalue weighted by molar-refractivity contribution is 5.49. The van der Waals surface area contributed by atoms with Crippen molar-refractivity contribution in [1.29, 1.82) is 0 Å². The van der Waals surface area contributed by atoms with E-state index in [-0.39, 0.29) is 11.9 Å². The molecule has 0 amide bonds. The Labute approximate surface area is 99.5 Å². The first kappa shape index (κ1) is 11.4. The normalized spacial score (nSPS) is 12.1. The molecule has 1 aromatic heterocycles. The maximum Gasteiger partial charge on any atom is 0.128 e. The number of pyridine rings is 1. The molecule has 0 aliphatic rings. The standard InChI is InChI=1S/C13H14FN3/c1-9(10-2-4-11(14)5-3-10)17-13-8-12(15)6-7-16-13/h2-9H,1H3,(H3,15,16,17). The number of nitrogen functional groups attached to an aromatic ring is 1. The number of aromatic nitrogens is 1. The maximum atomic E-state index is 12.8. The second-order valence-corrected chi connectivity index (χ2v) is 3.89. The van der Waals surface area contributed by atoms with Gasteiger partial charge in [-0.25, -0.2) is 9.37 Å². The molecule has 1 aromatic carbocycles. The van der Waals surface area contributed by atoms with E-state index in [0.717, 1.165) is 5.56 Å². The van der Waals surface area contributed by atoms with Crippen LogP contribution in [0.3, 0.4) is 0 Å². The van der Waals surface area contributed by atoms with Crippen molar-refractivity contribution in [2.75, 3.05) is 11.1 Å². The molecule has 2 rings (SSSR count). The van der Waals surface area contributed by atoms with Gasteiger partial charge in [-0.15, -0.1) is 0 Å². The average Bonchev–Trinajstić information content (AvgIpc) is 2.29. The van der Waals surface area contributed by atoms with E-state index in [1.165, 1.54) is 12.1 Å². The van der Waals surface area contributed by atoms with Crippen LogP contribution in [-0.2, 0) is 0 Å². The quantitative estimate of drug-likeness (QED) is 0.853. The average molecular weight is 231 g/mol. The number of hydrogen-bond acceptors (Lipinski definition) is 3. The fourth-order valence-corrected chi connectivity index (χ4v) is 1.58. The monoisotopic (exact) mass is 231 g/mol. The van der Waals surface area contributed by atoms with Gasteiger partial charge in [0.15, 0.2) is 0 Å². The number of anilines is 2. The molecular formula is C13H14FN3. The van der Waals surface area contributed by atoms with Crippen LogP contribution in [0.4, 0.5) is 15.9 Å². The van der Waals surface area contributed by atoms with Crippen molar-refractivity contribution >= 4 is 11.5 Å². The van der Waals surface area contributed by atoms with Crippen molar-refractivity contribution < 1.29 is 4.39 Å². The molecule has 0 aliphatic heterocycles. The van der Waals surface area contributed by atoms with Crippen LogP contribution < -0.4 is 11.1 Å². The third-order valence-corrected chi connectivity index (χ3v) is 2.52. The molecule has 3 N–H and O–H groups in total. The van der Waals surface area contributed by atoms with E-state index in [0.29, 0.717) is 11.5 Å². The van der Waals surface area contributed by atoms with Crippen LogP contribution in [0.25, 0.3) is 0 Å². The van der Waals surface area contributed by atoms with Crippen molar-refractivity contribution in [3.63, 3.8) is 0 Å². The first-order chi connectivity index (χ1) is 8.15. The van der Waals surface area contributed by atoms with Gasteiger partial charge in [0.25, 0.3) is 0 Å². The Balaban J connectivity index is 2.11. The number of nitrogens with zero attached hydrogens (tertiary/aromatic N) is 1. The zero-order valence-electron chi connectivity index (χ0n) is 9.52. The van der Waals surface area contributed by atoms with Gasteiger partial charge in [0, 0.05) is 24.0 Å². The predicted octanol–water partition coefficient (Wildman–Crippen LogP) is 2.98.